The van der Waals surface area contributed by atoms with E-state index in [1.807, 2.05) is 0 Å². The van der Waals surface area contributed by atoms with E-state index in [9.17, 15) is 9.59 Å². The Morgan fingerprint density at radius 1 is 1.30 bits per heavy atom. The molecule has 1 saturated carbocycles. The Morgan fingerprint density at radius 3 is 2.63 bits per heavy atom. The van der Waals surface area contributed by atoms with E-state index in [1.54, 1.807) is 35.9 Å². The van der Waals surface area contributed by atoms with Gasteiger partial charge in [0.1, 0.15) is 5.56 Å². The van der Waals surface area contributed by atoms with Gasteiger partial charge >= 0.3 is 5.97 Å². The van der Waals surface area contributed by atoms with Crippen LogP contribution in [0.3, 0.4) is 0 Å². The number of fused-ring (bicyclic) bond motifs is 1. The van der Waals surface area contributed by atoms with Gasteiger partial charge < -0.3 is 15.2 Å². The topological polar surface area (TPSA) is 93.5 Å². The molecular weight excluding hydrogens is 346 g/mol. The van der Waals surface area contributed by atoms with Crippen LogP contribution in [0.15, 0.2) is 30.5 Å². The number of carboxylic acids is 1. The van der Waals surface area contributed by atoms with E-state index < -0.39 is 5.97 Å². The second-order valence-electron chi connectivity index (χ2n) is 7.92. The highest BCUT2D eigenvalue weighted by atomic mass is 16.5. The molecule has 1 aliphatic heterocycles. The maximum Gasteiger partial charge on any atom is 0.339 e. The second kappa shape index (κ2) is 6.20. The standard InChI is InChI=1S/C20H23N3O4/c1-11-15(19(25)26)10-21-23(11)13-6-4-12(5-7-13)18(24)22-16-14-8-9-27-17(14)20(16,2)3/h4-7,10,14,16-17H,8-9H2,1-3H3,(H,22,24)(H,25,26)/t14-,16-,17+/m1/s1. The highest BCUT2D eigenvalue weighted by molar-refractivity contribution is 5.94. The van der Waals surface area contributed by atoms with E-state index in [0.29, 0.717) is 22.9 Å². The number of carbonyl (C=O) groups is 2. The summed E-state index contributed by atoms with van der Waals surface area (Å²) < 4.78 is 7.33. The fraction of sp³-hybridized carbons (Fsp3) is 0.450. The largest absolute Gasteiger partial charge is 0.478 e. The Kier molecular flexibility index (Phi) is 4.07. The third-order valence-corrected chi connectivity index (χ3v) is 6.00. The molecule has 2 fully saturated rings. The summed E-state index contributed by atoms with van der Waals surface area (Å²) in [5.74, 6) is -0.718. The van der Waals surface area contributed by atoms with Gasteiger partial charge in [-0.3, -0.25) is 4.79 Å². The summed E-state index contributed by atoms with van der Waals surface area (Å²) in [5, 5.41) is 16.4. The highest BCUT2D eigenvalue weighted by Gasteiger charge is 2.59. The van der Waals surface area contributed by atoms with Gasteiger partial charge in [0, 0.05) is 29.5 Å². The lowest BCUT2D eigenvalue weighted by Crippen LogP contribution is -2.66. The fourth-order valence-corrected chi connectivity index (χ4v) is 4.48. The number of aromatic carboxylic acids is 1. The minimum atomic E-state index is -1.01. The Labute approximate surface area is 157 Å². The zero-order valence-corrected chi connectivity index (χ0v) is 15.6. The van der Waals surface area contributed by atoms with Gasteiger partial charge in [0.05, 0.1) is 23.7 Å². The quantitative estimate of drug-likeness (QED) is 0.863. The second-order valence-corrected chi connectivity index (χ2v) is 7.92. The van der Waals surface area contributed by atoms with Crippen LogP contribution in [0.2, 0.25) is 0 Å². The van der Waals surface area contributed by atoms with Crippen LogP contribution in [-0.4, -0.2) is 45.5 Å². The number of rotatable bonds is 4. The van der Waals surface area contributed by atoms with Crippen molar-refractivity contribution in [3.05, 3.63) is 47.3 Å². The molecule has 1 aliphatic carbocycles. The van der Waals surface area contributed by atoms with Crippen molar-refractivity contribution < 1.29 is 19.4 Å². The van der Waals surface area contributed by atoms with E-state index in [1.165, 1.54) is 6.20 Å². The number of nitrogens with zero attached hydrogens (tertiary/aromatic N) is 2. The molecule has 1 saturated heterocycles. The number of benzene rings is 1. The van der Waals surface area contributed by atoms with E-state index in [0.717, 1.165) is 13.0 Å². The number of carboxylic acid groups (broad SMARTS) is 1. The van der Waals surface area contributed by atoms with Crippen LogP contribution >= 0.6 is 0 Å². The number of ether oxygens (including phenoxy) is 1. The molecule has 1 aromatic heterocycles. The zero-order valence-electron chi connectivity index (χ0n) is 15.6. The number of hydrogen-bond acceptors (Lipinski definition) is 4. The number of aromatic nitrogens is 2. The van der Waals surface area contributed by atoms with Gasteiger partial charge in [-0.15, -0.1) is 0 Å². The summed E-state index contributed by atoms with van der Waals surface area (Å²) in [6.07, 6.45) is 2.55. The molecule has 3 atom stereocenters. The normalized spacial score (nSPS) is 25.5. The maximum atomic E-state index is 12.7. The van der Waals surface area contributed by atoms with Gasteiger partial charge in [-0.25, -0.2) is 9.48 Å². The van der Waals surface area contributed by atoms with Crippen molar-refractivity contribution in [1.29, 1.82) is 0 Å². The van der Waals surface area contributed by atoms with Crippen LogP contribution in [-0.2, 0) is 4.74 Å². The molecule has 2 N–H and O–H groups in total. The van der Waals surface area contributed by atoms with Gasteiger partial charge in [0.2, 0.25) is 0 Å². The van der Waals surface area contributed by atoms with E-state index in [4.69, 9.17) is 9.84 Å². The van der Waals surface area contributed by atoms with Crippen molar-refractivity contribution in [2.24, 2.45) is 11.3 Å². The van der Waals surface area contributed by atoms with Gasteiger partial charge in [0.15, 0.2) is 0 Å². The molecular formula is C20H23N3O4. The van der Waals surface area contributed by atoms with Gasteiger partial charge in [0.25, 0.3) is 5.91 Å². The molecule has 2 heterocycles. The fourth-order valence-electron chi connectivity index (χ4n) is 4.48. The number of carbonyl (C=O) groups excluding carboxylic acids is 1. The summed E-state index contributed by atoms with van der Waals surface area (Å²) in [5.41, 5.74) is 1.93. The van der Waals surface area contributed by atoms with Crippen LogP contribution in [0.1, 0.15) is 46.7 Å². The van der Waals surface area contributed by atoms with Gasteiger partial charge in [-0.2, -0.15) is 5.10 Å². The van der Waals surface area contributed by atoms with Crippen molar-refractivity contribution in [2.45, 2.75) is 39.3 Å². The summed E-state index contributed by atoms with van der Waals surface area (Å²) in [6.45, 7) is 6.74. The maximum absolute atomic E-state index is 12.7. The summed E-state index contributed by atoms with van der Waals surface area (Å²) in [7, 11) is 0. The third-order valence-electron chi connectivity index (χ3n) is 6.00. The summed E-state index contributed by atoms with van der Waals surface area (Å²) in [4.78, 5) is 23.8. The Bertz CT molecular complexity index is 900. The predicted molar refractivity (Wildman–Crippen MR) is 98.1 cm³/mol. The van der Waals surface area contributed by atoms with Crippen molar-refractivity contribution in [3.8, 4) is 5.69 Å². The van der Waals surface area contributed by atoms with Crippen LogP contribution < -0.4 is 5.32 Å². The molecule has 1 aromatic carbocycles. The van der Waals surface area contributed by atoms with Crippen LogP contribution in [0, 0.1) is 18.3 Å². The molecule has 0 unspecified atom stereocenters. The highest BCUT2D eigenvalue weighted by Crippen LogP contribution is 2.52. The molecule has 7 nitrogen and oxygen atoms in total. The SMILES string of the molecule is Cc1c(C(=O)O)cnn1-c1ccc(C(=O)N[C@@H]2[C@H]3CCO[C@@H]3C2(C)C)cc1. The smallest absolute Gasteiger partial charge is 0.339 e. The van der Waals surface area contributed by atoms with Crippen molar-refractivity contribution in [1.82, 2.24) is 15.1 Å². The van der Waals surface area contributed by atoms with E-state index >= 15 is 0 Å². The molecule has 2 aliphatic rings. The Balaban J connectivity index is 1.49. The molecule has 142 valence electrons. The first-order chi connectivity index (χ1) is 12.8. The lowest BCUT2D eigenvalue weighted by atomic mass is 9.57. The molecule has 0 bridgehead atoms. The number of hydrogen-bond donors (Lipinski definition) is 2. The lowest BCUT2D eigenvalue weighted by molar-refractivity contribution is -0.108. The minimum Gasteiger partial charge on any atom is -0.478 e. The van der Waals surface area contributed by atoms with E-state index in [-0.39, 0.29) is 29.0 Å². The van der Waals surface area contributed by atoms with Gasteiger partial charge in [-0.1, -0.05) is 13.8 Å². The van der Waals surface area contributed by atoms with Crippen molar-refractivity contribution in [2.75, 3.05) is 6.61 Å². The van der Waals surface area contributed by atoms with Crippen LogP contribution in [0.5, 0.6) is 0 Å². The Hall–Kier alpha value is -2.67. The monoisotopic (exact) mass is 369 g/mol. The molecule has 0 spiro atoms. The molecule has 7 heteroatoms. The minimum absolute atomic E-state index is 0.0594. The third kappa shape index (κ3) is 2.73. The average molecular weight is 369 g/mol. The first kappa shape index (κ1) is 17.7. The zero-order chi connectivity index (χ0) is 19.3. The predicted octanol–water partition coefficient (Wildman–Crippen LogP) is 2.42. The van der Waals surface area contributed by atoms with Crippen LogP contribution in [0.4, 0.5) is 0 Å². The van der Waals surface area contributed by atoms with Crippen molar-refractivity contribution in [3.63, 3.8) is 0 Å². The van der Waals surface area contributed by atoms with Crippen LogP contribution in [0.25, 0.3) is 5.69 Å². The number of amides is 1. The summed E-state index contributed by atoms with van der Waals surface area (Å²) >= 11 is 0. The average Bonchev–Trinajstić information content (AvgIpc) is 3.25. The van der Waals surface area contributed by atoms with E-state index in [2.05, 4.69) is 24.3 Å². The summed E-state index contributed by atoms with van der Waals surface area (Å²) in [6, 6.07) is 7.13. The Morgan fingerprint density at radius 2 is 2.00 bits per heavy atom. The molecule has 1 amide bonds. The molecule has 27 heavy (non-hydrogen) atoms. The lowest BCUT2D eigenvalue weighted by Gasteiger charge is -2.54. The molecule has 4 rings (SSSR count). The first-order valence-corrected chi connectivity index (χ1v) is 9.11. The molecule has 0 radical (unpaired) electrons. The molecule has 2 aromatic rings. The number of nitrogens with one attached hydrogen (secondary N) is 1. The van der Waals surface area contributed by atoms with Crippen molar-refractivity contribution >= 4 is 11.9 Å². The first-order valence-electron chi connectivity index (χ1n) is 9.11. The van der Waals surface area contributed by atoms with Gasteiger partial charge in [-0.05, 0) is 37.6 Å².